The lowest BCUT2D eigenvalue weighted by molar-refractivity contribution is 0.111. The molecule has 0 aliphatic carbocycles. The minimum Gasteiger partial charge on any atom is -0.450 e. The Bertz CT molecular complexity index is 849. The van der Waals surface area contributed by atoms with E-state index in [9.17, 15) is 13.6 Å². The molecule has 0 bridgehead atoms. The average molecular weight is 393 g/mol. The molecule has 1 N–H and O–H groups in total. The van der Waals surface area contributed by atoms with Crippen molar-refractivity contribution in [2.75, 3.05) is 25.0 Å². The van der Waals surface area contributed by atoms with E-state index in [2.05, 4.69) is 5.32 Å². The molecular formula is C20H19ClF2N2O2. The van der Waals surface area contributed by atoms with E-state index in [1.165, 1.54) is 18.2 Å². The van der Waals surface area contributed by atoms with Crippen molar-refractivity contribution in [3.8, 4) is 0 Å². The largest absolute Gasteiger partial charge is 0.450 e. The van der Waals surface area contributed by atoms with Crippen LogP contribution in [0.5, 0.6) is 0 Å². The molecule has 4 nitrogen and oxygen atoms in total. The highest BCUT2D eigenvalue weighted by atomic mass is 35.5. The van der Waals surface area contributed by atoms with Crippen molar-refractivity contribution >= 4 is 34.6 Å². The zero-order valence-corrected chi connectivity index (χ0v) is 15.5. The van der Waals surface area contributed by atoms with Gasteiger partial charge in [0, 0.05) is 23.7 Å². The fourth-order valence-corrected chi connectivity index (χ4v) is 3.13. The fourth-order valence-electron chi connectivity index (χ4n) is 2.87. The van der Waals surface area contributed by atoms with Crippen molar-refractivity contribution in [2.45, 2.75) is 13.3 Å². The Morgan fingerprint density at radius 1 is 1.19 bits per heavy atom. The van der Waals surface area contributed by atoms with E-state index in [1.54, 1.807) is 36.1 Å². The molecule has 1 amide bonds. The van der Waals surface area contributed by atoms with Gasteiger partial charge in [0.25, 0.3) is 0 Å². The number of carbonyl (C=O) groups is 1. The van der Waals surface area contributed by atoms with E-state index in [4.69, 9.17) is 16.3 Å². The first kappa shape index (κ1) is 19.2. The quantitative estimate of drug-likeness (QED) is 0.744. The lowest BCUT2D eigenvalue weighted by Crippen LogP contribution is -2.36. The number of nitrogens with one attached hydrogen (secondary N) is 1. The SMILES string of the molecule is CCOC(=O)N1CCC(Cl)=C(c2ccc(Nc3c(F)cccc3F)cc2)C1. The van der Waals surface area contributed by atoms with Gasteiger partial charge in [0.2, 0.25) is 0 Å². The molecule has 0 radical (unpaired) electrons. The number of anilines is 2. The van der Waals surface area contributed by atoms with Crippen LogP contribution in [0.25, 0.3) is 5.57 Å². The molecule has 142 valence electrons. The third-order valence-corrected chi connectivity index (χ3v) is 4.69. The van der Waals surface area contributed by atoms with Crippen molar-refractivity contribution in [2.24, 2.45) is 0 Å². The minimum atomic E-state index is -0.665. The summed E-state index contributed by atoms with van der Waals surface area (Å²) in [5.74, 6) is -1.33. The van der Waals surface area contributed by atoms with Crippen LogP contribution in [0, 0.1) is 11.6 Å². The molecule has 0 fully saturated rings. The van der Waals surface area contributed by atoms with Crippen molar-refractivity contribution < 1.29 is 18.3 Å². The lowest BCUT2D eigenvalue weighted by atomic mass is 10.0. The number of ether oxygens (including phenoxy) is 1. The summed E-state index contributed by atoms with van der Waals surface area (Å²) in [7, 11) is 0. The van der Waals surface area contributed by atoms with E-state index in [0.717, 1.165) is 11.1 Å². The average Bonchev–Trinajstić information content (AvgIpc) is 2.66. The highest BCUT2D eigenvalue weighted by Gasteiger charge is 2.23. The van der Waals surface area contributed by atoms with Crippen LogP contribution in [0.3, 0.4) is 0 Å². The molecular weight excluding hydrogens is 374 g/mol. The summed E-state index contributed by atoms with van der Waals surface area (Å²) in [6.07, 6.45) is 0.184. The molecule has 7 heteroatoms. The first-order valence-electron chi connectivity index (χ1n) is 8.60. The van der Waals surface area contributed by atoms with Crippen LogP contribution in [0.15, 0.2) is 47.5 Å². The molecule has 0 unspecified atom stereocenters. The highest BCUT2D eigenvalue weighted by Crippen LogP contribution is 2.31. The van der Waals surface area contributed by atoms with Crippen molar-refractivity contribution in [1.29, 1.82) is 0 Å². The fraction of sp³-hybridized carbons (Fsp3) is 0.250. The topological polar surface area (TPSA) is 41.6 Å². The molecule has 0 saturated carbocycles. The number of halogens is 3. The van der Waals surface area contributed by atoms with Crippen molar-refractivity contribution in [3.63, 3.8) is 0 Å². The van der Waals surface area contributed by atoms with Crippen LogP contribution < -0.4 is 5.32 Å². The number of rotatable bonds is 4. The molecule has 1 aliphatic rings. The van der Waals surface area contributed by atoms with Crippen molar-refractivity contribution in [3.05, 3.63) is 64.7 Å². The van der Waals surface area contributed by atoms with Crippen molar-refractivity contribution in [1.82, 2.24) is 4.90 Å². The van der Waals surface area contributed by atoms with E-state index in [-0.39, 0.29) is 11.8 Å². The summed E-state index contributed by atoms with van der Waals surface area (Å²) in [6.45, 7) is 2.94. The Labute approximate surface area is 161 Å². The maximum Gasteiger partial charge on any atom is 0.410 e. The smallest absolute Gasteiger partial charge is 0.410 e. The summed E-state index contributed by atoms with van der Waals surface area (Å²) in [4.78, 5) is 13.6. The normalized spacial score (nSPS) is 14.3. The van der Waals surface area contributed by atoms with Gasteiger partial charge >= 0.3 is 6.09 Å². The number of para-hydroxylation sites is 1. The van der Waals surface area contributed by atoms with Crippen LogP contribution >= 0.6 is 11.6 Å². The summed E-state index contributed by atoms with van der Waals surface area (Å²) >= 11 is 6.36. The summed E-state index contributed by atoms with van der Waals surface area (Å²) in [6, 6.07) is 10.7. The van der Waals surface area contributed by atoms with Crippen LogP contribution in [-0.2, 0) is 4.74 Å². The van der Waals surface area contributed by atoms with E-state index in [0.29, 0.717) is 36.8 Å². The molecule has 1 heterocycles. The van der Waals surface area contributed by atoms with Crippen LogP contribution in [0.2, 0.25) is 0 Å². The van der Waals surface area contributed by atoms with Gasteiger partial charge in [-0.05, 0) is 42.3 Å². The molecule has 2 aromatic carbocycles. The first-order chi connectivity index (χ1) is 13.0. The summed E-state index contributed by atoms with van der Waals surface area (Å²) in [5, 5.41) is 3.43. The molecule has 2 aromatic rings. The van der Waals surface area contributed by atoms with Gasteiger partial charge in [0.1, 0.15) is 17.3 Å². The number of nitrogens with zero attached hydrogens (tertiary/aromatic N) is 1. The minimum absolute atomic E-state index is 0.200. The van der Waals surface area contributed by atoms with Gasteiger partial charge in [0.15, 0.2) is 0 Å². The Balaban J connectivity index is 1.77. The molecule has 27 heavy (non-hydrogen) atoms. The summed E-state index contributed by atoms with van der Waals surface area (Å²) in [5.41, 5.74) is 2.01. The zero-order chi connectivity index (χ0) is 19.4. The lowest BCUT2D eigenvalue weighted by Gasteiger charge is -2.28. The third-order valence-electron chi connectivity index (χ3n) is 4.27. The van der Waals surface area contributed by atoms with Crippen LogP contribution in [0.4, 0.5) is 25.0 Å². The monoisotopic (exact) mass is 392 g/mol. The standard InChI is InChI=1S/C20H19ClF2N2O2/c1-2-27-20(26)25-11-10-16(21)15(12-25)13-6-8-14(9-7-13)24-19-17(22)4-3-5-18(19)23/h3-9,24H,2,10-12H2,1H3. The Hall–Kier alpha value is -2.60. The molecule has 0 atom stereocenters. The van der Waals surface area contributed by atoms with Gasteiger partial charge < -0.3 is 15.0 Å². The Morgan fingerprint density at radius 3 is 2.48 bits per heavy atom. The number of benzene rings is 2. The molecule has 3 rings (SSSR count). The van der Waals surface area contributed by atoms with E-state index < -0.39 is 11.6 Å². The highest BCUT2D eigenvalue weighted by molar-refractivity contribution is 6.33. The second kappa shape index (κ2) is 8.39. The summed E-state index contributed by atoms with van der Waals surface area (Å²) < 4.78 is 32.6. The van der Waals surface area contributed by atoms with Gasteiger partial charge in [0.05, 0.1) is 13.2 Å². The van der Waals surface area contributed by atoms with Gasteiger partial charge in [-0.3, -0.25) is 0 Å². The molecule has 0 spiro atoms. The third kappa shape index (κ3) is 4.39. The van der Waals surface area contributed by atoms with E-state index in [1.807, 2.05) is 0 Å². The molecule has 1 aliphatic heterocycles. The van der Waals surface area contributed by atoms with E-state index >= 15 is 0 Å². The molecule has 0 saturated heterocycles. The number of carbonyl (C=O) groups excluding carboxylic acids is 1. The zero-order valence-electron chi connectivity index (χ0n) is 14.8. The van der Waals surface area contributed by atoms with Crippen LogP contribution in [-0.4, -0.2) is 30.7 Å². The van der Waals surface area contributed by atoms with Gasteiger partial charge in [-0.25, -0.2) is 13.6 Å². The second-order valence-corrected chi connectivity index (χ2v) is 6.51. The maximum atomic E-state index is 13.8. The number of hydrogen-bond donors (Lipinski definition) is 1. The maximum absolute atomic E-state index is 13.8. The predicted molar refractivity (Wildman–Crippen MR) is 102 cm³/mol. The van der Waals surface area contributed by atoms with Gasteiger partial charge in [-0.15, -0.1) is 0 Å². The van der Waals surface area contributed by atoms with Crippen LogP contribution in [0.1, 0.15) is 18.9 Å². The first-order valence-corrected chi connectivity index (χ1v) is 8.98. The number of hydrogen-bond acceptors (Lipinski definition) is 3. The second-order valence-electron chi connectivity index (χ2n) is 6.05. The Kier molecular flexibility index (Phi) is 5.96. The van der Waals surface area contributed by atoms with Gasteiger partial charge in [-0.2, -0.15) is 0 Å². The number of amides is 1. The van der Waals surface area contributed by atoms with Gasteiger partial charge in [-0.1, -0.05) is 29.8 Å². The molecule has 0 aromatic heterocycles. The predicted octanol–water partition coefficient (Wildman–Crippen LogP) is 5.52. The Morgan fingerprint density at radius 2 is 1.85 bits per heavy atom.